The van der Waals surface area contributed by atoms with E-state index in [1.807, 2.05) is 0 Å². The van der Waals surface area contributed by atoms with E-state index in [1.165, 1.54) is 17.5 Å². The summed E-state index contributed by atoms with van der Waals surface area (Å²) in [4.78, 5) is 0. The van der Waals surface area contributed by atoms with Crippen molar-refractivity contribution in [2.24, 2.45) is 5.73 Å². The molecule has 0 heterocycles. The van der Waals surface area contributed by atoms with Gasteiger partial charge in [0.15, 0.2) is 0 Å². The summed E-state index contributed by atoms with van der Waals surface area (Å²) < 4.78 is 0. The second kappa shape index (κ2) is 5.92. The summed E-state index contributed by atoms with van der Waals surface area (Å²) in [6.45, 7) is 6.55. The SMILES string of the molecule is CCc1ccc(C(C)CCC(C)N)cc1. The molecule has 1 nitrogen and oxygen atoms in total. The molecule has 0 aliphatic heterocycles. The van der Waals surface area contributed by atoms with Crippen molar-refractivity contribution in [3.8, 4) is 0 Å². The van der Waals surface area contributed by atoms with E-state index in [0.29, 0.717) is 12.0 Å². The van der Waals surface area contributed by atoms with E-state index < -0.39 is 0 Å². The summed E-state index contributed by atoms with van der Waals surface area (Å²) in [5.41, 5.74) is 8.62. The molecule has 0 fully saturated rings. The fourth-order valence-electron chi connectivity index (χ4n) is 1.76. The zero-order valence-corrected chi connectivity index (χ0v) is 10.2. The predicted octanol–water partition coefficient (Wildman–Crippen LogP) is 3.48. The van der Waals surface area contributed by atoms with Gasteiger partial charge in [-0.15, -0.1) is 0 Å². The lowest BCUT2D eigenvalue weighted by Crippen LogP contribution is -2.15. The van der Waals surface area contributed by atoms with Crippen molar-refractivity contribution in [3.05, 3.63) is 35.4 Å². The molecule has 1 rings (SSSR count). The maximum atomic E-state index is 5.76. The van der Waals surface area contributed by atoms with Gasteiger partial charge >= 0.3 is 0 Å². The molecule has 15 heavy (non-hydrogen) atoms. The number of aryl methyl sites for hydroxylation is 1. The lowest BCUT2D eigenvalue weighted by molar-refractivity contribution is 0.569. The molecule has 1 aromatic carbocycles. The van der Waals surface area contributed by atoms with E-state index in [0.717, 1.165) is 12.8 Å². The molecule has 2 N–H and O–H groups in total. The predicted molar refractivity (Wildman–Crippen MR) is 67.1 cm³/mol. The molecule has 0 saturated carbocycles. The van der Waals surface area contributed by atoms with Crippen LogP contribution in [-0.4, -0.2) is 6.04 Å². The lowest BCUT2D eigenvalue weighted by Gasteiger charge is -2.13. The van der Waals surface area contributed by atoms with Crippen molar-refractivity contribution in [1.82, 2.24) is 0 Å². The maximum absolute atomic E-state index is 5.76. The van der Waals surface area contributed by atoms with Gasteiger partial charge in [0.1, 0.15) is 0 Å². The zero-order chi connectivity index (χ0) is 11.3. The third-order valence-electron chi connectivity index (χ3n) is 3.01. The monoisotopic (exact) mass is 205 g/mol. The van der Waals surface area contributed by atoms with Crippen molar-refractivity contribution in [2.45, 2.75) is 52.0 Å². The topological polar surface area (TPSA) is 26.0 Å². The molecule has 84 valence electrons. The summed E-state index contributed by atoms with van der Waals surface area (Å²) in [5, 5.41) is 0. The van der Waals surface area contributed by atoms with Crippen molar-refractivity contribution in [3.63, 3.8) is 0 Å². The van der Waals surface area contributed by atoms with E-state index in [4.69, 9.17) is 5.73 Å². The van der Waals surface area contributed by atoms with Crippen LogP contribution in [0.15, 0.2) is 24.3 Å². The van der Waals surface area contributed by atoms with Crippen LogP contribution in [0, 0.1) is 0 Å². The highest BCUT2D eigenvalue weighted by Gasteiger charge is 2.06. The van der Waals surface area contributed by atoms with Crippen molar-refractivity contribution in [2.75, 3.05) is 0 Å². The van der Waals surface area contributed by atoms with Crippen molar-refractivity contribution < 1.29 is 0 Å². The normalized spacial score (nSPS) is 14.9. The summed E-state index contributed by atoms with van der Waals surface area (Å²) in [6, 6.07) is 9.30. The van der Waals surface area contributed by atoms with Gasteiger partial charge in [-0.1, -0.05) is 38.1 Å². The molecule has 1 aromatic rings. The Kier molecular flexibility index (Phi) is 4.83. The zero-order valence-electron chi connectivity index (χ0n) is 10.2. The maximum Gasteiger partial charge on any atom is 0.00106 e. The molecule has 2 unspecified atom stereocenters. The van der Waals surface area contributed by atoms with E-state index in [1.54, 1.807) is 0 Å². The minimum Gasteiger partial charge on any atom is -0.328 e. The first kappa shape index (κ1) is 12.3. The van der Waals surface area contributed by atoms with Gasteiger partial charge < -0.3 is 5.73 Å². The Morgan fingerprint density at radius 1 is 1.07 bits per heavy atom. The number of nitrogens with two attached hydrogens (primary N) is 1. The molecule has 2 atom stereocenters. The Balaban J connectivity index is 2.54. The minimum absolute atomic E-state index is 0.322. The standard InChI is InChI=1S/C14H23N/c1-4-13-7-9-14(10-8-13)11(2)5-6-12(3)15/h7-12H,4-6,15H2,1-3H3. The molecule has 0 bridgehead atoms. The quantitative estimate of drug-likeness (QED) is 0.782. The third-order valence-corrected chi connectivity index (χ3v) is 3.01. The van der Waals surface area contributed by atoms with Gasteiger partial charge in [0.25, 0.3) is 0 Å². The van der Waals surface area contributed by atoms with Crippen LogP contribution in [0.25, 0.3) is 0 Å². The van der Waals surface area contributed by atoms with Crippen LogP contribution in [0.2, 0.25) is 0 Å². The van der Waals surface area contributed by atoms with Crippen LogP contribution >= 0.6 is 0 Å². The smallest absolute Gasteiger partial charge is 0.00106 e. The summed E-state index contributed by atoms with van der Waals surface area (Å²) in [7, 11) is 0. The van der Waals surface area contributed by atoms with Gasteiger partial charge in [0, 0.05) is 6.04 Å². The van der Waals surface area contributed by atoms with E-state index in [2.05, 4.69) is 45.0 Å². The first-order valence-corrected chi connectivity index (χ1v) is 5.98. The number of hydrogen-bond donors (Lipinski definition) is 1. The van der Waals surface area contributed by atoms with Crippen LogP contribution < -0.4 is 5.73 Å². The number of benzene rings is 1. The molecular formula is C14H23N. The highest BCUT2D eigenvalue weighted by Crippen LogP contribution is 2.21. The summed E-state index contributed by atoms with van der Waals surface area (Å²) in [6.07, 6.45) is 3.41. The Hall–Kier alpha value is -0.820. The summed E-state index contributed by atoms with van der Waals surface area (Å²) in [5.74, 6) is 0.627. The molecule has 0 amide bonds. The Bertz CT molecular complexity index is 274. The van der Waals surface area contributed by atoms with Gasteiger partial charge in [0.05, 0.1) is 0 Å². The largest absolute Gasteiger partial charge is 0.328 e. The van der Waals surface area contributed by atoms with E-state index >= 15 is 0 Å². The van der Waals surface area contributed by atoms with Crippen LogP contribution in [0.1, 0.15) is 50.7 Å². The van der Waals surface area contributed by atoms with Crippen LogP contribution in [0.3, 0.4) is 0 Å². The minimum atomic E-state index is 0.322. The molecule has 0 aliphatic carbocycles. The lowest BCUT2D eigenvalue weighted by atomic mass is 9.94. The van der Waals surface area contributed by atoms with Crippen molar-refractivity contribution in [1.29, 1.82) is 0 Å². The molecule has 0 saturated heterocycles. The van der Waals surface area contributed by atoms with Gasteiger partial charge in [-0.25, -0.2) is 0 Å². The second-order valence-electron chi connectivity index (χ2n) is 4.55. The molecular weight excluding hydrogens is 182 g/mol. The average Bonchev–Trinajstić information content (AvgIpc) is 2.26. The first-order valence-electron chi connectivity index (χ1n) is 5.98. The average molecular weight is 205 g/mol. The molecule has 0 spiro atoms. The molecule has 0 aliphatic rings. The van der Waals surface area contributed by atoms with Gasteiger partial charge in [-0.2, -0.15) is 0 Å². The number of rotatable bonds is 5. The molecule has 0 aromatic heterocycles. The van der Waals surface area contributed by atoms with Gasteiger partial charge in [0.2, 0.25) is 0 Å². The molecule has 0 radical (unpaired) electrons. The van der Waals surface area contributed by atoms with Gasteiger partial charge in [-0.3, -0.25) is 0 Å². The Morgan fingerprint density at radius 2 is 1.67 bits per heavy atom. The highest BCUT2D eigenvalue weighted by molar-refractivity contribution is 5.24. The Labute approximate surface area is 93.7 Å². The number of hydrogen-bond acceptors (Lipinski definition) is 1. The van der Waals surface area contributed by atoms with Crippen LogP contribution in [0.4, 0.5) is 0 Å². The van der Waals surface area contributed by atoms with Gasteiger partial charge in [-0.05, 0) is 43.2 Å². The van der Waals surface area contributed by atoms with Crippen LogP contribution in [0.5, 0.6) is 0 Å². The highest BCUT2D eigenvalue weighted by atomic mass is 14.6. The third kappa shape index (κ3) is 4.05. The fourth-order valence-corrected chi connectivity index (χ4v) is 1.76. The van der Waals surface area contributed by atoms with E-state index in [-0.39, 0.29) is 0 Å². The molecule has 1 heteroatoms. The van der Waals surface area contributed by atoms with Crippen LogP contribution in [-0.2, 0) is 6.42 Å². The Morgan fingerprint density at radius 3 is 2.13 bits per heavy atom. The first-order chi connectivity index (χ1) is 7.13. The summed E-state index contributed by atoms with van der Waals surface area (Å²) >= 11 is 0. The van der Waals surface area contributed by atoms with E-state index in [9.17, 15) is 0 Å². The van der Waals surface area contributed by atoms with Crippen molar-refractivity contribution >= 4 is 0 Å². The second-order valence-corrected chi connectivity index (χ2v) is 4.55. The fraction of sp³-hybridized carbons (Fsp3) is 0.571.